The number of carbonyl (C=O) groups excluding carboxylic acids is 1. The second-order valence-electron chi connectivity index (χ2n) is 4.36. The third kappa shape index (κ3) is 2.41. The highest BCUT2D eigenvalue weighted by Gasteiger charge is 2.31. The molecule has 5 heteroatoms. The van der Waals surface area contributed by atoms with Crippen molar-refractivity contribution in [2.24, 2.45) is 11.7 Å². The van der Waals surface area contributed by atoms with Gasteiger partial charge in [-0.15, -0.1) is 0 Å². The lowest BCUT2D eigenvalue weighted by Crippen LogP contribution is -2.26. The van der Waals surface area contributed by atoms with Crippen LogP contribution < -0.4 is 10.6 Å². The van der Waals surface area contributed by atoms with Crippen molar-refractivity contribution in [3.63, 3.8) is 0 Å². The number of anilines is 1. The van der Waals surface area contributed by atoms with Gasteiger partial charge in [0.25, 0.3) is 0 Å². The van der Waals surface area contributed by atoms with Crippen LogP contribution in [0.4, 0.5) is 5.69 Å². The lowest BCUT2D eigenvalue weighted by molar-refractivity contribution is -0.117. The fourth-order valence-electron chi connectivity index (χ4n) is 2.19. The first-order valence-electron chi connectivity index (χ1n) is 5.49. The van der Waals surface area contributed by atoms with E-state index in [1.54, 1.807) is 11.0 Å². The first-order chi connectivity index (χ1) is 8.02. The molecular formula is C12H14Cl2N2O. The highest BCUT2D eigenvalue weighted by Crippen LogP contribution is 2.36. The highest BCUT2D eigenvalue weighted by molar-refractivity contribution is 6.37. The Hall–Kier alpha value is -0.770. The maximum Gasteiger partial charge on any atom is 0.227 e. The molecule has 0 aromatic heterocycles. The summed E-state index contributed by atoms with van der Waals surface area (Å²) >= 11 is 12.1. The number of carbonyl (C=O) groups is 1. The molecule has 1 heterocycles. The third-order valence-corrected chi connectivity index (χ3v) is 3.53. The van der Waals surface area contributed by atoms with Gasteiger partial charge in [-0.25, -0.2) is 0 Å². The first-order valence-corrected chi connectivity index (χ1v) is 6.24. The average molecular weight is 273 g/mol. The van der Waals surface area contributed by atoms with E-state index in [0.717, 1.165) is 11.3 Å². The van der Waals surface area contributed by atoms with Crippen molar-refractivity contribution < 1.29 is 4.79 Å². The molecule has 1 aliphatic heterocycles. The van der Waals surface area contributed by atoms with E-state index in [4.69, 9.17) is 28.9 Å². The van der Waals surface area contributed by atoms with E-state index in [1.165, 1.54) is 0 Å². The predicted molar refractivity (Wildman–Crippen MR) is 70.7 cm³/mol. The molecule has 1 saturated heterocycles. The van der Waals surface area contributed by atoms with Gasteiger partial charge >= 0.3 is 0 Å². The molecule has 2 rings (SSSR count). The van der Waals surface area contributed by atoms with Crippen molar-refractivity contribution in [1.29, 1.82) is 0 Å². The van der Waals surface area contributed by atoms with Crippen LogP contribution in [0.3, 0.4) is 0 Å². The molecule has 1 fully saturated rings. The minimum atomic E-state index is 0.0766. The van der Waals surface area contributed by atoms with Crippen molar-refractivity contribution in [3.05, 3.63) is 27.7 Å². The van der Waals surface area contributed by atoms with Crippen molar-refractivity contribution in [1.82, 2.24) is 0 Å². The SMILES string of the molecule is Cc1cc(Cl)cc(Cl)c1N1CC(CN)CC1=O. The van der Waals surface area contributed by atoms with Gasteiger partial charge in [-0.1, -0.05) is 23.2 Å². The maximum atomic E-state index is 11.9. The summed E-state index contributed by atoms with van der Waals surface area (Å²) in [5.74, 6) is 0.293. The van der Waals surface area contributed by atoms with Crippen molar-refractivity contribution in [3.8, 4) is 0 Å². The van der Waals surface area contributed by atoms with Crippen LogP contribution in [0.5, 0.6) is 0 Å². The molecule has 1 aliphatic rings. The maximum absolute atomic E-state index is 11.9. The van der Waals surface area contributed by atoms with Crippen molar-refractivity contribution >= 4 is 34.8 Å². The van der Waals surface area contributed by atoms with Crippen molar-refractivity contribution in [2.45, 2.75) is 13.3 Å². The van der Waals surface area contributed by atoms with Gasteiger partial charge in [-0.2, -0.15) is 0 Å². The number of rotatable bonds is 2. The Morgan fingerprint density at radius 1 is 1.47 bits per heavy atom. The Bertz CT molecular complexity index is 439. The molecule has 0 saturated carbocycles. The van der Waals surface area contributed by atoms with Gasteiger partial charge in [-0.05, 0) is 37.1 Å². The molecule has 0 aliphatic carbocycles. The fourth-order valence-corrected chi connectivity index (χ4v) is 2.89. The van der Waals surface area contributed by atoms with Gasteiger partial charge in [0.05, 0.1) is 10.7 Å². The monoisotopic (exact) mass is 272 g/mol. The molecule has 1 amide bonds. The van der Waals surface area contributed by atoms with Gasteiger partial charge in [-0.3, -0.25) is 4.79 Å². The molecule has 1 unspecified atom stereocenters. The quantitative estimate of drug-likeness (QED) is 0.900. The summed E-state index contributed by atoms with van der Waals surface area (Å²) in [7, 11) is 0. The Labute approximate surface area is 110 Å². The number of nitrogens with zero attached hydrogens (tertiary/aromatic N) is 1. The normalized spacial score (nSPS) is 20.1. The number of halogens is 2. The molecule has 0 spiro atoms. The zero-order chi connectivity index (χ0) is 12.6. The summed E-state index contributed by atoms with van der Waals surface area (Å²) in [5, 5.41) is 1.10. The Morgan fingerprint density at radius 2 is 2.18 bits per heavy atom. The Kier molecular flexibility index (Phi) is 3.61. The molecule has 1 aromatic carbocycles. The van der Waals surface area contributed by atoms with Gasteiger partial charge < -0.3 is 10.6 Å². The largest absolute Gasteiger partial charge is 0.330 e. The predicted octanol–water partition coefficient (Wildman–Crippen LogP) is 2.61. The minimum absolute atomic E-state index is 0.0766. The lowest BCUT2D eigenvalue weighted by Gasteiger charge is -2.20. The van der Waals surface area contributed by atoms with Crippen LogP contribution in [0.15, 0.2) is 12.1 Å². The van der Waals surface area contributed by atoms with Crippen LogP contribution in [0.1, 0.15) is 12.0 Å². The number of nitrogens with two attached hydrogens (primary N) is 1. The molecule has 1 aromatic rings. The summed E-state index contributed by atoms with van der Waals surface area (Å²) in [6, 6.07) is 3.47. The first kappa shape index (κ1) is 12.7. The van der Waals surface area contributed by atoms with Crippen molar-refractivity contribution in [2.75, 3.05) is 18.0 Å². The summed E-state index contributed by atoms with van der Waals surface area (Å²) < 4.78 is 0. The average Bonchev–Trinajstić information content (AvgIpc) is 2.59. The van der Waals surface area contributed by atoms with Gasteiger partial charge in [0.2, 0.25) is 5.91 Å². The van der Waals surface area contributed by atoms with Gasteiger partial charge in [0.15, 0.2) is 0 Å². The van der Waals surface area contributed by atoms with Crippen LogP contribution in [0.2, 0.25) is 10.0 Å². The molecule has 0 radical (unpaired) electrons. The van der Waals surface area contributed by atoms with E-state index in [1.807, 2.05) is 13.0 Å². The van der Waals surface area contributed by atoms with E-state index in [-0.39, 0.29) is 11.8 Å². The summed E-state index contributed by atoms with van der Waals surface area (Å²) in [4.78, 5) is 13.6. The fraction of sp³-hybridized carbons (Fsp3) is 0.417. The van der Waals surface area contributed by atoms with Crippen LogP contribution >= 0.6 is 23.2 Å². The number of aryl methyl sites for hydroxylation is 1. The Morgan fingerprint density at radius 3 is 2.71 bits per heavy atom. The van der Waals surface area contributed by atoms with E-state index in [2.05, 4.69) is 0 Å². The topological polar surface area (TPSA) is 46.3 Å². The molecule has 0 bridgehead atoms. The van der Waals surface area contributed by atoms with Crippen LogP contribution in [0.25, 0.3) is 0 Å². The summed E-state index contributed by atoms with van der Waals surface area (Å²) in [6.45, 7) is 3.06. The van der Waals surface area contributed by atoms with Crippen LogP contribution in [-0.2, 0) is 4.79 Å². The van der Waals surface area contributed by atoms with Crippen LogP contribution in [0, 0.1) is 12.8 Å². The Balaban J connectivity index is 2.38. The van der Waals surface area contributed by atoms with Gasteiger partial charge in [0.1, 0.15) is 0 Å². The number of benzene rings is 1. The van der Waals surface area contributed by atoms with E-state index in [9.17, 15) is 4.79 Å². The van der Waals surface area contributed by atoms with E-state index < -0.39 is 0 Å². The smallest absolute Gasteiger partial charge is 0.227 e. The molecule has 17 heavy (non-hydrogen) atoms. The van der Waals surface area contributed by atoms with Gasteiger partial charge in [0, 0.05) is 18.0 Å². The second-order valence-corrected chi connectivity index (χ2v) is 5.21. The summed E-state index contributed by atoms with van der Waals surface area (Å²) in [5.41, 5.74) is 7.28. The number of hydrogen-bond donors (Lipinski definition) is 1. The minimum Gasteiger partial charge on any atom is -0.330 e. The number of amides is 1. The summed E-state index contributed by atoms with van der Waals surface area (Å²) in [6.07, 6.45) is 0.495. The zero-order valence-electron chi connectivity index (χ0n) is 9.54. The molecule has 2 N–H and O–H groups in total. The van der Waals surface area contributed by atoms with Crippen LogP contribution in [-0.4, -0.2) is 19.0 Å². The number of hydrogen-bond acceptors (Lipinski definition) is 2. The zero-order valence-corrected chi connectivity index (χ0v) is 11.1. The third-order valence-electron chi connectivity index (χ3n) is 3.03. The highest BCUT2D eigenvalue weighted by atomic mass is 35.5. The lowest BCUT2D eigenvalue weighted by atomic mass is 10.1. The molecule has 92 valence electrons. The molecule has 1 atom stereocenters. The molecular weight excluding hydrogens is 259 g/mol. The standard InChI is InChI=1S/C12H14Cl2N2O/c1-7-2-9(13)4-10(14)12(7)16-6-8(5-15)3-11(16)17/h2,4,8H,3,5-6,15H2,1H3. The van der Waals surface area contributed by atoms with E-state index in [0.29, 0.717) is 29.6 Å². The molecule has 3 nitrogen and oxygen atoms in total. The van der Waals surface area contributed by atoms with E-state index >= 15 is 0 Å². The second kappa shape index (κ2) is 4.84.